The molecule has 0 saturated carbocycles. The van der Waals surface area contributed by atoms with E-state index in [0.29, 0.717) is 18.5 Å². The topological polar surface area (TPSA) is 55.3 Å². The molecule has 4 heteroatoms. The van der Waals surface area contributed by atoms with Gasteiger partial charge < -0.3 is 10.2 Å². The SMILES string of the molecule is CN1CCCCC1c1coc(CN)n1. The molecule has 0 radical (unpaired) electrons. The second-order valence-electron chi connectivity index (χ2n) is 3.86. The first-order valence-electron chi connectivity index (χ1n) is 5.16. The average molecular weight is 195 g/mol. The monoisotopic (exact) mass is 195 g/mol. The standard InChI is InChI=1S/C10H17N3O/c1-13-5-3-2-4-9(13)8-7-14-10(6-11)12-8/h7,9H,2-6,11H2,1H3. The molecule has 1 aliphatic rings. The van der Waals surface area contributed by atoms with E-state index in [4.69, 9.17) is 10.2 Å². The van der Waals surface area contributed by atoms with Crippen LogP contribution in [0.5, 0.6) is 0 Å². The maximum atomic E-state index is 5.46. The van der Waals surface area contributed by atoms with Gasteiger partial charge in [0.25, 0.3) is 0 Å². The number of hydrogen-bond donors (Lipinski definition) is 1. The molecule has 14 heavy (non-hydrogen) atoms. The summed E-state index contributed by atoms with van der Waals surface area (Å²) in [4.78, 5) is 6.70. The maximum Gasteiger partial charge on any atom is 0.208 e. The summed E-state index contributed by atoms with van der Waals surface area (Å²) >= 11 is 0. The Morgan fingerprint density at radius 1 is 1.64 bits per heavy atom. The van der Waals surface area contributed by atoms with Crippen LogP contribution in [0, 0.1) is 0 Å². The third kappa shape index (κ3) is 1.81. The van der Waals surface area contributed by atoms with Gasteiger partial charge in [0.15, 0.2) is 0 Å². The Hall–Kier alpha value is -0.870. The fourth-order valence-corrected chi connectivity index (χ4v) is 2.02. The van der Waals surface area contributed by atoms with E-state index in [0.717, 1.165) is 12.2 Å². The van der Waals surface area contributed by atoms with E-state index in [1.807, 2.05) is 0 Å². The second-order valence-corrected chi connectivity index (χ2v) is 3.86. The van der Waals surface area contributed by atoms with Crippen LogP contribution in [-0.4, -0.2) is 23.5 Å². The molecular formula is C10H17N3O. The minimum absolute atomic E-state index is 0.385. The largest absolute Gasteiger partial charge is 0.447 e. The summed E-state index contributed by atoms with van der Waals surface area (Å²) in [6.07, 6.45) is 5.48. The number of likely N-dealkylation sites (tertiary alicyclic amines) is 1. The smallest absolute Gasteiger partial charge is 0.208 e. The molecule has 1 aromatic rings. The van der Waals surface area contributed by atoms with Crippen molar-refractivity contribution < 1.29 is 4.42 Å². The Bertz CT molecular complexity index is 297. The molecule has 2 heterocycles. The Labute approximate surface area is 84.1 Å². The zero-order valence-corrected chi connectivity index (χ0v) is 8.57. The van der Waals surface area contributed by atoms with E-state index in [1.54, 1.807) is 6.26 Å². The average Bonchev–Trinajstić information content (AvgIpc) is 2.67. The van der Waals surface area contributed by atoms with Gasteiger partial charge in [-0.15, -0.1) is 0 Å². The van der Waals surface area contributed by atoms with Gasteiger partial charge in [-0.3, -0.25) is 4.90 Å². The molecule has 0 aliphatic carbocycles. The lowest BCUT2D eigenvalue weighted by molar-refractivity contribution is 0.183. The molecule has 1 unspecified atom stereocenters. The summed E-state index contributed by atoms with van der Waals surface area (Å²) in [5.41, 5.74) is 6.49. The molecule has 0 bridgehead atoms. The van der Waals surface area contributed by atoms with Crippen LogP contribution in [0.25, 0.3) is 0 Å². The van der Waals surface area contributed by atoms with Crippen molar-refractivity contribution in [2.45, 2.75) is 31.8 Å². The number of piperidine rings is 1. The van der Waals surface area contributed by atoms with Crippen molar-refractivity contribution >= 4 is 0 Å². The van der Waals surface area contributed by atoms with Gasteiger partial charge in [0.05, 0.1) is 18.3 Å². The van der Waals surface area contributed by atoms with Gasteiger partial charge in [0.2, 0.25) is 5.89 Å². The molecule has 0 amide bonds. The highest BCUT2D eigenvalue weighted by atomic mass is 16.3. The van der Waals surface area contributed by atoms with Crippen molar-refractivity contribution in [2.24, 2.45) is 5.73 Å². The highest BCUT2D eigenvalue weighted by Gasteiger charge is 2.23. The maximum absolute atomic E-state index is 5.46. The van der Waals surface area contributed by atoms with E-state index in [-0.39, 0.29) is 0 Å². The molecule has 0 spiro atoms. The molecule has 78 valence electrons. The van der Waals surface area contributed by atoms with Gasteiger partial charge in [-0.25, -0.2) is 4.98 Å². The summed E-state index contributed by atoms with van der Waals surface area (Å²) in [7, 11) is 2.14. The predicted octanol–water partition coefficient (Wildman–Crippen LogP) is 1.29. The number of hydrogen-bond acceptors (Lipinski definition) is 4. The van der Waals surface area contributed by atoms with Crippen molar-refractivity contribution in [3.8, 4) is 0 Å². The molecule has 1 fully saturated rings. The van der Waals surface area contributed by atoms with Crippen LogP contribution in [0.2, 0.25) is 0 Å². The van der Waals surface area contributed by atoms with E-state index in [9.17, 15) is 0 Å². The molecule has 1 aromatic heterocycles. The van der Waals surface area contributed by atoms with Crippen molar-refractivity contribution in [1.82, 2.24) is 9.88 Å². The predicted molar refractivity (Wildman–Crippen MR) is 53.6 cm³/mol. The Morgan fingerprint density at radius 3 is 3.14 bits per heavy atom. The highest BCUT2D eigenvalue weighted by molar-refractivity contribution is 5.04. The molecular weight excluding hydrogens is 178 g/mol. The molecule has 2 rings (SSSR count). The molecule has 1 aliphatic heterocycles. The lowest BCUT2D eigenvalue weighted by Crippen LogP contribution is -2.29. The number of nitrogens with zero attached hydrogens (tertiary/aromatic N) is 2. The Balaban J connectivity index is 2.12. The summed E-state index contributed by atoms with van der Waals surface area (Å²) in [6, 6.07) is 0.424. The number of rotatable bonds is 2. The van der Waals surface area contributed by atoms with Crippen LogP contribution >= 0.6 is 0 Å². The quantitative estimate of drug-likeness (QED) is 0.772. The summed E-state index contributed by atoms with van der Waals surface area (Å²) < 4.78 is 5.25. The molecule has 1 saturated heterocycles. The number of nitrogens with two attached hydrogens (primary N) is 1. The van der Waals surface area contributed by atoms with Crippen LogP contribution in [0.1, 0.15) is 36.9 Å². The Morgan fingerprint density at radius 2 is 2.50 bits per heavy atom. The second kappa shape index (κ2) is 4.11. The lowest BCUT2D eigenvalue weighted by Gasteiger charge is -2.30. The zero-order chi connectivity index (χ0) is 9.97. The lowest BCUT2D eigenvalue weighted by atomic mass is 10.0. The van der Waals surface area contributed by atoms with E-state index in [1.165, 1.54) is 19.3 Å². The molecule has 1 atom stereocenters. The summed E-state index contributed by atoms with van der Waals surface area (Å²) in [6.45, 7) is 1.53. The van der Waals surface area contributed by atoms with E-state index in [2.05, 4.69) is 16.9 Å². The van der Waals surface area contributed by atoms with Crippen LogP contribution in [0.3, 0.4) is 0 Å². The van der Waals surface area contributed by atoms with Gasteiger partial charge in [-0.2, -0.15) is 0 Å². The Kier molecular flexibility index (Phi) is 2.84. The molecule has 4 nitrogen and oxygen atoms in total. The van der Waals surface area contributed by atoms with E-state index >= 15 is 0 Å². The van der Waals surface area contributed by atoms with Crippen LogP contribution in [0.4, 0.5) is 0 Å². The van der Waals surface area contributed by atoms with Crippen molar-refractivity contribution in [1.29, 1.82) is 0 Å². The van der Waals surface area contributed by atoms with Crippen LogP contribution < -0.4 is 5.73 Å². The minimum atomic E-state index is 0.385. The molecule has 2 N–H and O–H groups in total. The summed E-state index contributed by atoms with van der Waals surface area (Å²) in [5.74, 6) is 0.638. The first-order chi connectivity index (χ1) is 6.81. The third-order valence-electron chi connectivity index (χ3n) is 2.86. The van der Waals surface area contributed by atoms with Gasteiger partial charge in [-0.1, -0.05) is 6.42 Å². The molecule has 0 aromatic carbocycles. The van der Waals surface area contributed by atoms with Crippen LogP contribution in [0.15, 0.2) is 10.7 Å². The van der Waals surface area contributed by atoms with Gasteiger partial charge in [-0.05, 0) is 26.4 Å². The fourth-order valence-electron chi connectivity index (χ4n) is 2.02. The first-order valence-corrected chi connectivity index (χ1v) is 5.16. The number of oxazole rings is 1. The minimum Gasteiger partial charge on any atom is -0.447 e. The summed E-state index contributed by atoms with van der Waals surface area (Å²) in [5, 5.41) is 0. The van der Waals surface area contributed by atoms with Gasteiger partial charge in [0.1, 0.15) is 6.26 Å². The van der Waals surface area contributed by atoms with Crippen molar-refractivity contribution in [2.75, 3.05) is 13.6 Å². The van der Waals surface area contributed by atoms with Gasteiger partial charge in [0, 0.05) is 0 Å². The van der Waals surface area contributed by atoms with Crippen LogP contribution in [-0.2, 0) is 6.54 Å². The number of aromatic nitrogens is 1. The van der Waals surface area contributed by atoms with Crippen molar-refractivity contribution in [3.05, 3.63) is 17.8 Å². The zero-order valence-electron chi connectivity index (χ0n) is 8.57. The van der Waals surface area contributed by atoms with Crippen molar-refractivity contribution in [3.63, 3.8) is 0 Å². The fraction of sp³-hybridized carbons (Fsp3) is 0.700. The van der Waals surface area contributed by atoms with Gasteiger partial charge >= 0.3 is 0 Å². The normalized spacial score (nSPS) is 24.0. The third-order valence-corrected chi connectivity index (χ3v) is 2.86. The highest BCUT2D eigenvalue weighted by Crippen LogP contribution is 2.28. The van der Waals surface area contributed by atoms with E-state index < -0.39 is 0 Å². The first kappa shape index (κ1) is 9.68.